The van der Waals surface area contributed by atoms with Crippen molar-refractivity contribution in [3.63, 3.8) is 0 Å². The Labute approximate surface area is 136 Å². The Kier molecular flexibility index (Phi) is 5.49. The minimum Gasteiger partial charge on any atom is -0.479 e. The van der Waals surface area contributed by atoms with E-state index in [0.29, 0.717) is 16.8 Å². The van der Waals surface area contributed by atoms with E-state index in [2.05, 4.69) is 4.99 Å². The second-order valence-corrected chi connectivity index (χ2v) is 5.12. The summed E-state index contributed by atoms with van der Waals surface area (Å²) in [7, 11) is 0. The van der Waals surface area contributed by atoms with E-state index < -0.39 is 30.1 Å². The molecule has 0 amide bonds. The van der Waals surface area contributed by atoms with Gasteiger partial charge < -0.3 is 10.2 Å². The van der Waals surface area contributed by atoms with E-state index in [1.165, 1.54) is 42.6 Å². The van der Waals surface area contributed by atoms with E-state index in [9.17, 15) is 18.8 Å². The Morgan fingerprint density at radius 2 is 1.88 bits per heavy atom. The van der Waals surface area contributed by atoms with E-state index >= 15 is 0 Å². The van der Waals surface area contributed by atoms with E-state index in [1.54, 1.807) is 0 Å². The van der Waals surface area contributed by atoms with Gasteiger partial charge in [-0.25, -0.2) is 9.18 Å². The van der Waals surface area contributed by atoms with Crippen LogP contribution in [0.1, 0.15) is 23.2 Å². The molecule has 0 spiro atoms. The zero-order valence-electron chi connectivity index (χ0n) is 12.5. The molecular formula is C17H14FNO5. The minimum atomic E-state index is -1.73. The molecule has 0 aromatic heterocycles. The third kappa shape index (κ3) is 4.53. The Hall–Kier alpha value is -2.93. The van der Waals surface area contributed by atoms with Gasteiger partial charge in [0.05, 0.1) is 5.70 Å². The number of ketones is 2. The number of halogens is 1. The van der Waals surface area contributed by atoms with Crippen LogP contribution in [0.3, 0.4) is 0 Å². The Bertz CT molecular complexity index is 762. The van der Waals surface area contributed by atoms with E-state index in [4.69, 9.17) is 10.2 Å². The lowest BCUT2D eigenvalue weighted by molar-refractivity contribution is -0.148. The maximum atomic E-state index is 12.9. The number of hydrogen-bond donors (Lipinski definition) is 2. The molecule has 0 saturated heterocycles. The number of carbonyl (C=O) groups excluding carboxylic acids is 2. The number of nitrogens with zero attached hydrogens (tertiary/aromatic N) is 1. The zero-order valence-corrected chi connectivity index (χ0v) is 12.5. The molecule has 1 aromatic rings. The maximum absolute atomic E-state index is 12.9. The summed E-state index contributed by atoms with van der Waals surface area (Å²) in [6, 6.07) is 5.10. The van der Waals surface area contributed by atoms with Crippen molar-refractivity contribution in [2.45, 2.75) is 18.9 Å². The molecule has 0 radical (unpaired) electrons. The molecule has 1 aliphatic rings. The molecule has 6 nitrogen and oxygen atoms in total. The molecule has 1 heterocycles. The zero-order chi connectivity index (χ0) is 17.7. The van der Waals surface area contributed by atoms with Gasteiger partial charge >= 0.3 is 5.97 Å². The van der Waals surface area contributed by atoms with Gasteiger partial charge in [0.1, 0.15) is 11.6 Å². The van der Waals surface area contributed by atoms with Crippen LogP contribution in [-0.4, -0.2) is 40.1 Å². The van der Waals surface area contributed by atoms with Gasteiger partial charge in [-0.1, -0.05) is 6.08 Å². The third-order valence-corrected chi connectivity index (χ3v) is 3.27. The Balaban J connectivity index is 1.99. The summed E-state index contributed by atoms with van der Waals surface area (Å²) < 4.78 is 12.9. The quantitative estimate of drug-likeness (QED) is 0.740. The fraction of sp³-hybridized carbons (Fsp3) is 0.176. The van der Waals surface area contributed by atoms with Gasteiger partial charge in [0.25, 0.3) is 0 Å². The van der Waals surface area contributed by atoms with Crippen LogP contribution < -0.4 is 0 Å². The van der Waals surface area contributed by atoms with Crippen LogP contribution in [0.15, 0.2) is 52.7 Å². The second kappa shape index (κ2) is 7.56. The standard InChI is InChI=1S/C17H14FNO5/c18-12-3-1-10(2-4-12)16(22)11-7-13(19-9-11)5-6-14(20)8-15(21)17(23)24/h1-5,7,9,15,21H,6,8H2,(H,23,24)/b13-5+/t15-/m1/s1. The topological polar surface area (TPSA) is 104 Å². The van der Waals surface area contributed by atoms with Gasteiger partial charge in [0.2, 0.25) is 0 Å². The number of aliphatic hydroxyl groups excluding tert-OH is 1. The molecule has 2 N–H and O–H groups in total. The molecule has 7 heteroatoms. The van der Waals surface area contributed by atoms with E-state index in [-0.39, 0.29) is 12.2 Å². The van der Waals surface area contributed by atoms with Crippen LogP contribution in [0.2, 0.25) is 0 Å². The predicted molar refractivity (Wildman–Crippen MR) is 83.3 cm³/mol. The molecule has 0 aliphatic carbocycles. The van der Waals surface area contributed by atoms with Gasteiger partial charge in [0, 0.05) is 30.2 Å². The van der Waals surface area contributed by atoms with Crippen molar-refractivity contribution in [3.8, 4) is 0 Å². The average molecular weight is 331 g/mol. The van der Waals surface area contributed by atoms with Crippen LogP contribution in [-0.2, 0) is 9.59 Å². The molecule has 1 aromatic carbocycles. The van der Waals surface area contributed by atoms with Crippen LogP contribution in [0, 0.1) is 5.82 Å². The highest BCUT2D eigenvalue weighted by Gasteiger charge is 2.18. The molecule has 0 saturated carbocycles. The normalized spacial score (nSPS) is 16.1. The molecule has 0 unspecified atom stereocenters. The van der Waals surface area contributed by atoms with Crippen LogP contribution in [0.4, 0.5) is 4.39 Å². The SMILES string of the molecule is O=C(C/C=C1\C=C(C(=O)c2ccc(F)cc2)C=N1)C[C@@H](O)C(=O)O. The Morgan fingerprint density at radius 3 is 2.50 bits per heavy atom. The molecule has 0 fully saturated rings. The first-order valence-corrected chi connectivity index (χ1v) is 7.05. The monoisotopic (exact) mass is 331 g/mol. The molecule has 24 heavy (non-hydrogen) atoms. The molecule has 2 rings (SSSR count). The maximum Gasteiger partial charge on any atom is 0.332 e. The lowest BCUT2D eigenvalue weighted by Gasteiger charge is -2.02. The minimum absolute atomic E-state index is 0.106. The van der Waals surface area contributed by atoms with E-state index in [1.807, 2.05) is 0 Å². The highest BCUT2D eigenvalue weighted by Crippen LogP contribution is 2.17. The summed E-state index contributed by atoms with van der Waals surface area (Å²) in [4.78, 5) is 38.2. The lowest BCUT2D eigenvalue weighted by Crippen LogP contribution is -2.22. The van der Waals surface area contributed by atoms with Crippen molar-refractivity contribution in [2.24, 2.45) is 4.99 Å². The van der Waals surface area contributed by atoms with Crippen molar-refractivity contribution in [3.05, 3.63) is 59.1 Å². The predicted octanol–water partition coefficient (Wildman–Crippen LogP) is 1.70. The highest BCUT2D eigenvalue weighted by atomic mass is 19.1. The summed E-state index contributed by atoms with van der Waals surface area (Å²) >= 11 is 0. The van der Waals surface area contributed by atoms with Gasteiger partial charge in [-0.05, 0) is 30.3 Å². The molecule has 1 aliphatic heterocycles. The molecule has 0 bridgehead atoms. The number of aliphatic carboxylic acids is 1. The van der Waals surface area contributed by atoms with Gasteiger partial charge in [-0.15, -0.1) is 0 Å². The van der Waals surface area contributed by atoms with Crippen molar-refractivity contribution in [1.29, 1.82) is 0 Å². The summed E-state index contributed by atoms with van der Waals surface area (Å²) in [5.41, 5.74) is 1.00. The summed E-state index contributed by atoms with van der Waals surface area (Å²) in [6.07, 6.45) is 1.94. The van der Waals surface area contributed by atoms with Gasteiger partial charge in [-0.2, -0.15) is 0 Å². The first-order valence-electron chi connectivity index (χ1n) is 7.05. The molecule has 124 valence electrons. The summed E-state index contributed by atoms with van der Waals surface area (Å²) in [6.45, 7) is 0. The number of carboxylic acids is 1. The molecule has 1 atom stereocenters. The average Bonchev–Trinajstić information content (AvgIpc) is 3.02. The number of aliphatic imine (C=N–C) groups is 1. The van der Waals surface area contributed by atoms with E-state index in [0.717, 1.165) is 0 Å². The van der Waals surface area contributed by atoms with Crippen molar-refractivity contribution in [2.75, 3.05) is 0 Å². The summed E-state index contributed by atoms with van der Waals surface area (Å²) in [5.74, 6) is -2.68. The Morgan fingerprint density at radius 1 is 1.21 bits per heavy atom. The van der Waals surface area contributed by atoms with Crippen molar-refractivity contribution < 1.29 is 29.0 Å². The van der Waals surface area contributed by atoms with Gasteiger partial charge in [-0.3, -0.25) is 14.6 Å². The fourth-order valence-corrected chi connectivity index (χ4v) is 1.99. The molecular weight excluding hydrogens is 317 g/mol. The first-order chi connectivity index (χ1) is 11.4. The van der Waals surface area contributed by atoms with Crippen LogP contribution in [0.5, 0.6) is 0 Å². The summed E-state index contributed by atoms with van der Waals surface area (Å²) in [5, 5.41) is 17.6. The second-order valence-electron chi connectivity index (χ2n) is 5.12. The third-order valence-electron chi connectivity index (χ3n) is 3.27. The number of aliphatic hydroxyl groups is 1. The highest BCUT2D eigenvalue weighted by molar-refractivity contribution is 6.22. The lowest BCUT2D eigenvalue weighted by atomic mass is 10.0. The number of allylic oxidation sites excluding steroid dienone is 3. The number of Topliss-reactive ketones (excluding diaryl/α,β-unsaturated/α-hetero) is 2. The smallest absolute Gasteiger partial charge is 0.332 e. The number of carboxylic acid groups (broad SMARTS) is 1. The fourth-order valence-electron chi connectivity index (χ4n) is 1.99. The van der Waals surface area contributed by atoms with Crippen molar-refractivity contribution in [1.82, 2.24) is 0 Å². The van der Waals surface area contributed by atoms with Gasteiger partial charge in [0.15, 0.2) is 11.9 Å². The van der Waals surface area contributed by atoms with Crippen LogP contribution >= 0.6 is 0 Å². The first kappa shape index (κ1) is 17.4. The number of rotatable bonds is 7. The van der Waals surface area contributed by atoms with Crippen molar-refractivity contribution >= 4 is 23.8 Å². The number of carbonyl (C=O) groups is 3. The number of benzene rings is 1. The van der Waals surface area contributed by atoms with Crippen LogP contribution in [0.25, 0.3) is 0 Å². The number of hydrogen-bond acceptors (Lipinski definition) is 5. The largest absolute Gasteiger partial charge is 0.479 e.